The second-order valence-corrected chi connectivity index (χ2v) is 5.35. The van der Waals surface area contributed by atoms with Gasteiger partial charge in [-0.25, -0.2) is 4.39 Å². The Morgan fingerprint density at radius 2 is 1.96 bits per heavy atom. The highest BCUT2D eigenvalue weighted by atomic mass is 19.1. The van der Waals surface area contributed by atoms with Gasteiger partial charge in [-0.15, -0.1) is 0 Å². The average molecular weight is 319 g/mol. The highest BCUT2D eigenvalue weighted by molar-refractivity contribution is 5.43. The van der Waals surface area contributed by atoms with Crippen molar-refractivity contribution in [1.82, 2.24) is 5.32 Å². The van der Waals surface area contributed by atoms with Crippen LogP contribution in [0.25, 0.3) is 0 Å². The molecule has 0 aliphatic heterocycles. The quantitative estimate of drug-likeness (QED) is 0.785. The van der Waals surface area contributed by atoms with Gasteiger partial charge in [-0.3, -0.25) is 0 Å². The molecule has 124 valence electrons. The van der Waals surface area contributed by atoms with E-state index in [4.69, 9.17) is 9.47 Å². The fourth-order valence-corrected chi connectivity index (χ4v) is 2.14. The summed E-state index contributed by atoms with van der Waals surface area (Å²) in [5, 5.41) is 12.4. The van der Waals surface area contributed by atoms with Crippen molar-refractivity contribution in [1.29, 1.82) is 0 Å². The lowest BCUT2D eigenvalue weighted by Crippen LogP contribution is -2.23. The number of benzene rings is 2. The molecule has 2 N–H and O–H groups in total. The predicted molar refractivity (Wildman–Crippen MR) is 87.1 cm³/mol. The largest absolute Gasteiger partial charge is 0.493 e. The van der Waals surface area contributed by atoms with Gasteiger partial charge in [-0.2, -0.15) is 0 Å². The molecule has 0 saturated heterocycles. The fraction of sp³-hybridized carbons (Fsp3) is 0.333. The molecular weight excluding hydrogens is 297 g/mol. The van der Waals surface area contributed by atoms with Crippen molar-refractivity contribution in [3.8, 4) is 11.5 Å². The third-order valence-corrected chi connectivity index (χ3v) is 3.34. The molecule has 0 bridgehead atoms. The van der Waals surface area contributed by atoms with E-state index in [-0.39, 0.29) is 18.5 Å². The molecule has 23 heavy (non-hydrogen) atoms. The number of hydrogen-bond acceptors (Lipinski definition) is 4. The Balaban J connectivity index is 2.00. The second-order valence-electron chi connectivity index (χ2n) is 5.35. The minimum atomic E-state index is -0.389. The lowest BCUT2D eigenvalue weighted by molar-refractivity contribution is 0.191. The molecule has 0 heterocycles. The van der Waals surface area contributed by atoms with Crippen LogP contribution in [0.15, 0.2) is 42.5 Å². The Morgan fingerprint density at radius 1 is 1.17 bits per heavy atom. The first-order chi connectivity index (χ1) is 11.1. The summed E-state index contributed by atoms with van der Waals surface area (Å²) >= 11 is 0. The molecule has 0 aliphatic rings. The van der Waals surface area contributed by atoms with E-state index in [0.717, 1.165) is 5.56 Å². The molecule has 0 fully saturated rings. The van der Waals surface area contributed by atoms with Gasteiger partial charge in [-0.05, 0) is 30.7 Å². The third-order valence-electron chi connectivity index (χ3n) is 3.34. The first-order valence-corrected chi connectivity index (χ1v) is 7.52. The van der Waals surface area contributed by atoms with Gasteiger partial charge in [0.25, 0.3) is 0 Å². The molecule has 2 rings (SSSR count). The normalized spacial score (nSPS) is 12.0. The van der Waals surface area contributed by atoms with Gasteiger partial charge < -0.3 is 19.9 Å². The maximum atomic E-state index is 13.6. The lowest BCUT2D eigenvalue weighted by Gasteiger charge is -2.13. The van der Waals surface area contributed by atoms with Gasteiger partial charge in [-0.1, -0.05) is 24.3 Å². The zero-order valence-electron chi connectivity index (χ0n) is 13.4. The molecule has 0 saturated carbocycles. The maximum absolute atomic E-state index is 13.6. The number of methoxy groups -OCH3 is 1. The number of hydrogen-bond donors (Lipinski definition) is 2. The Morgan fingerprint density at radius 3 is 2.65 bits per heavy atom. The van der Waals surface area contributed by atoms with Gasteiger partial charge in [0.1, 0.15) is 12.4 Å². The minimum absolute atomic E-state index is 0.142. The van der Waals surface area contributed by atoms with Gasteiger partial charge in [0.2, 0.25) is 0 Å². The molecule has 0 aliphatic carbocycles. The van der Waals surface area contributed by atoms with Crippen LogP contribution in [0, 0.1) is 5.82 Å². The molecular formula is C18H22FNO3. The molecule has 5 heteroatoms. The highest BCUT2D eigenvalue weighted by Crippen LogP contribution is 2.29. The first-order valence-electron chi connectivity index (χ1n) is 7.52. The second kappa shape index (κ2) is 8.50. The van der Waals surface area contributed by atoms with Crippen LogP contribution in [0.1, 0.15) is 18.1 Å². The summed E-state index contributed by atoms with van der Waals surface area (Å²) in [6, 6.07) is 12.1. The maximum Gasteiger partial charge on any atom is 0.161 e. The van der Waals surface area contributed by atoms with E-state index < -0.39 is 0 Å². The van der Waals surface area contributed by atoms with Crippen LogP contribution >= 0.6 is 0 Å². The highest BCUT2D eigenvalue weighted by Gasteiger charge is 2.08. The Kier molecular flexibility index (Phi) is 6.38. The molecule has 2 aromatic rings. The number of rotatable bonds is 8. The van der Waals surface area contributed by atoms with Crippen molar-refractivity contribution in [2.75, 3.05) is 13.7 Å². The van der Waals surface area contributed by atoms with Crippen molar-refractivity contribution in [2.45, 2.75) is 26.2 Å². The van der Waals surface area contributed by atoms with Crippen molar-refractivity contribution in [2.24, 2.45) is 0 Å². The van der Waals surface area contributed by atoms with Crippen molar-refractivity contribution in [3.05, 3.63) is 59.4 Å². The van der Waals surface area contributed by atoms with Crippen LogP contribution in [0.2, 0.25) is 0 Å². The van der Waals surface area contributed by atoms with Crippen LogP contribution in [0.4, 0.5) is 4.39 Å². The van der Waals surface area contributed by atoms with Gasteiger partial charge in [0, 0.05) is 18.7 Å². The van der Waals surface area contributed by atoms with Crippen molar-refractivity contribution in [3.63, 3.8) is 0 Å². The van der Waals surface area contributed by atoms with E-state index in [0.29, 0.717) is 30.2 Å². The predicted octanol–water partition coefficient (Wildman–Crippen LogP) is 2.88. The summed E-state index contributed by atoms with van der Waals surface area (Å²) < 4.78 is 24.6. The standard InChI is InChI=1S/C18H22FNO3/c1-13(21)10-20-11-14-7-8-17(18(9-14)22-2)23-12-15-5-3-4-6-16(15)19/h3-9,13,20-21H,10-12H2,1-2H3. The summed E-state index contributed by atoms with van der Waals surface area (Å²) in [7, 11) is 1.57. The molecule has 0 spiro atoms. The number of aliphatic hydroxyl groups is 1. The Bertz CT molecular complexity index is 631. The monoisotopic (exact) mass is 319 g/mol. The molecule has 0 amide bonds. The summed E-state index contributed by atoms with van der Waals surface area (Å²) in [4.78, 5) is 0. The number of aliphatic hydroxyl groups excluding tert-OH is 1. The van der Waals surface area contributed by atoms with Crippen LogP contribution in [0.3, 0.4) is 0 Å². The topological polar surface area (TPSA) is 50.7 Å². The van der Waals surface area contributed by atoms with Crippen LogP contribution in [0.5, 0.6) is 11.5 Å². The van der Waals surface area contributed by atoms with E-state index in [9.17, 15) is 9.50 Å². The summed E-state index contributed by atoms with van der Waals surface area (Å²) in [6.07, 6.45) is -0.389. The van der Waals surface area contributed by atoms with Gasteiger partial charge in [0.15, 0.2) is 11.5 Å². The van der Waals surface area contributed by atoms with E-state index >= 15 is 0 Å². The zero-order chi connectivity index (χ0) is 16.7. The van der Waals surface area contributed by atoms with Crippen LogP contribution < -0.4 is 14.8 Å². The molecule has 2 aromatic carbocycles. The molecule has 4 nitrogen and oxygen atoms in total. The van der Waals surface area contributed by atoms with E-state index in [1.165, 1.54) is 6.07 Å². The molecule has 1 atom stereocenters. The van der Waals surface area contributed by atoms with Crippen molar-refractivity contribution < 1.29 is 19.0 Å². The summed E-state index contributed by atoms with van der Waals surface area (Å²) in [5.41, 5.74) is 1.51. The van der Waals surface area contributed by atoms with Crippen LogP contribution in [-0.4, -0.2) is 24.9 Å². The summed E-state index contributed by atoms with van der Waals surface area (Å²) in [5.74, 6) is 0.873. The van der Waals surface area contributed by atoms with E-state index in [2.05, 4.69) is 5.32 Å². The number of ether oxygens (including phenoxy) is 2. The lowest BCUT2D eigenvalue weighted by atomic mass is 10.2. The smallest absolute Gasteiger partial charge is 0.161 e. The Labute approximate surface area is 135 Å². The van der Waals surface area contributed by atoms with Crippen molar-refractivity contribution >= 4 is 0 Å². The number of nitrogens with one attached hydrogen (secondary N) is 1. The third kappa shape index (κ3) is 5.23. The molecule has 1 unspecified atom stereocenters. The fourth-order valence-electron chi connectivity index (χ4n) is 2.14. The minimum Gasteiger partial charge on any atom is -0.493 e. The molecule has 0 aromatic heterocycles. The average Bonchev–Trinajstić information content (AvgIpc) is 2.54. The first kappa shape index (κ1) is 17.2. The SMILES string of the molecule is COc1cc(CNCC(C)O)ccc1OCc1ccccc1F. The van der Waals surface area contributed by atoms with Gasteiger partial charge in [0.05, 0.1) is 13.2 Å². The number of halogens is 1. The van der Waals surface area contributed by atoms with Gasteiger partial charge >= 0.3 is 0 Å². The molecule has 0 radical (unpaired) electrons. The zero-order valence-corrected chi connectivity index (χ0v) is 13.4. The summed E-state index contributed by atoms with van der Waals surface area (Å²) in [6.45, 7) is 3.01. The van der Waals surface area contributed by atoms with E-state index in [1.54, 1.807) is 38.3 Å². The Hall–Kier alpha value is -2.11. The van der Waals surface area contributed by atoms with E-state index in [1.807, 2.05) is 12.1 Å². The van der Waals surface area contributed by atoms with Crippen LogP contribution in [-0.2, 0) is 13.2 Å².